The summed E-state index contributed by atoms with van der Waals surface area (Å²) >= 11 is 0. The smallest absolute Gasteiger partial charge is 0.140 e. The van der Waals surface area contributed by atoms with Crippen LogP contribution in [0.3, 0.4) is 0 Å². The van der Waals surface area contributed by atoms with Crippen molar-refractivity contribution in [2.45, 2.75) is 25.7 Å². The third kappa shape index (κ3) is 1.90. The number of benzene rings is 2. The van der Waals surface area contributed by atoms with Crippen molar-refractivity contribution in [3.63, 3.8) is 0 Å². The summed E-state index contributed by atoms with van der Waals surface area (Å²) in [6.45, 7) is 2.09. The second kappa shape index (κ2) is 4.59. The van der Waals surface area contributed by atoms with Crippen LogP contribution < -0.4 is 0 Å². The highest BCUT2D eigenvalue weighted by Gasteiger charge is 2.33. The van der Waals surface area contributed by atoms with Crippen LogP contribution in [0.25, 0.3) is 22.2 Å². The molecular formula is C19H17NO. The lowest BCUT2D eigenvalue weighted by atomic mass is 9.77. The van der Waals surface area contributed by atoms with Gasteiger partial charge in [0.25, 0.3) is 0 Å². The Morgan fingerprint density at radius 3 is 2.48 bits per heavy atom. The zero-order valence-electron chi connectivity index (χ0n) is 12.0. The lowest BCUT2D eigenvalue weighted by Gasteiger charge is -2.25. The van der Waals surface area contributed by atoms with Crippen LogP contribution in [0.1, 0.15) is 29.9 Å². The number of hydrogen-bond donors (Lipinski definition) is 1. The fourth-order valence-electron chi connectivity index (χ4n) is 3.19. The molecule has 0 aliphatic heterocycles. The minimum absolute atomic E-state index is 0.0671. The summed E-state index contributed by atoms with van der Waals surface area (Å²) in [5, 5.41) is 1.19. The molecule has 1 aliphatic carbocycles. The lowest BCUT2D eigenvalue weighted by Crippen LogP contribution is -2.23. The van der Waals surface area contributed by atoms with Crippen LogP contribution in [0, 0.1) is 6.92 Å². The van der Waals surface area contributed by atoms with Gasteiger partial charge >= 0.3 is 0 Å². The molecule has 0 bridgehead atoms. The number of fused-ring (bicyclic) bond motifs is 1. The summed E-state index contributed by atoms with van der Waals surface area (Å²) in [5.41, 5.74) is 5.81. The molecule has 0 saturated heterocycles. The van der Waals surface area contributed by atoms with Gasteiger partial charge in [-0.15, -0.1) is 0 Å². The van der Waals surface area contributed by atoms with Crippen molar-refractivity contribution in [1.29, 1.82) is 0 Å². The van der Waals surface area contributed by atoms with Crippen molar-refractivity contribution in [1.82, 2.24) is 4.98 Å². The average Bonchev–Trinajstić information content (AvgIpc) is 2.86. The first-order valence-corrected chi connectivity index (χ1v) is 7.44. The van der Waals surface area contributed by atoms with Gasteiger partial charge in [0.15, 0.2) is 0 Å². The molecular weight excluding hydrogens is 258 g/mol. The molecule has 1 saturated carbocycles. The van der Waals surface area contributed by atoms with Crippen molar-refractivity contribution in [3.05, 3.63) is 59.7 Å². The van der Waals surface area contributed by atoms with Gasteiger partial charge in [0.1, 0.15) is 5.78 Å². The third-order valence-electron chi connectivity index (χ3n) is 4.50. The topological polar surface area (TPSA) is 32.9 Å². The Morgan fingerprint density at radius 2 is 1.81 bits per heavy atom. The Bertz CT molecular complexity index is 826. The van der Waals surface area contributed by atoms with Crippen molar-refractivity contribution < 1.29 is 4.79 Å². The predicted molar refractivity (Wildman–Crippen MR) is 85.5 cm³/mol. The second-order valence-corrected chi connectivity index (χ2v) is 5.88. The Morgan fingerprint density at radius 1 is 1.05 bits per heavy atom. The molecule has 2 heteroatoms. The number of H-pyrrole nitrogens is 1. The molecule has 1 fully saturated rings. The number of hydrogen-bond acceptors (Lipinski definition) is 1. The van der Waals surface area contributed by atoms with E-state index in [4.69, 9.17) is 0 Å². The standard InChI is InChI=1S/C19H17NO/c1-12-6-8-13(9-7-12)19-18(15-10-11-17(15)21)14-4-2-3-5-16(14)20-19/h2-9,15,20H,10-11H2,1H3. The number of rotatable bonds is 2. The Hall–Kier alpha value is -2.35. The van der Waals surface area contributed by atoms with Gasteiger partial charge in [-0.1, -0.05) is 48.0 Å². The van der Waals surface area contributed by atoms with Crippen molar-refractivity contribution in [3.8, 4) is 11.3 Å². The summed E-state index contributed by atoms with van der Waals surface area (Å²) in [7, 11) is 0. The highest BCUT2D eigenvalue weighted by Crippen LogP contribution is 2.42. The van der Waals surface area contributed by atoms with Crippen LogP contribution in [0.2, 0.25) is 0 Å². The molecule has 0 amide bonds. The summed E-state index contributed by atoms with van der Waals surface area (Å²) in [6, 6.07) is 16.8. The number of carbonyl (C=O) groups excluding carboxylic acids is 1. The quantitative estimate of drug-likeness (QED) is 0.729. The molecule has 21 heavy (non-hydrogen) atoms. The van der Waals surface area contributed by atoms with Gasteiger partial charge in [-0.25, -0.2) is 0 Å². The van der Waals surface area contributed by atoms with Crippen molar-refractivity contribution >= 4 is 16.7 Å². The molecule has 0 spiro atoms. The van der Waals surface area contributed by atoms with E-state index in [1.807, 2.05) is 12.1 Å². The molecule has 3 aromatic rings. The van der Waals surface area contributed by atoms with E-state index >= 15 is 0 Å². The largest absolute Gasteiger partial charge is 0.354 e. The molecule has 1 atom stereocenters. The number of carbonyl (C=O) groups is 1. The van der Waals surface area contributed by atoms with E-state index in [0.717, 1.165) is 29.6 Å². The van der Waals surface area contributed by atoms with E-state index < -0.39 is 0 Å². The number of ketones is 1. The summed E-state index contributed by atoms with van der Waals surface area (Å²) in [6.07, 6.45) is 1.69. The predicted octanol–water partition coefficient (Wildman–Crippen LogP) is 4.59. The first kappa shape index (κ1) is 12.4. The number of nitrogens with one attached hydrogen (secondary N) is 1. The summed E-state index contributed by atoms with van der Waals surface area (Å²) < 4.78 is 0. The van der Waals surface area contributed by atoms with E-state index in [9.17, 15) is 4.79 Å². The molecule has 2 aromatic carbocycles. The van der Waals surface area contributed by atoms with Crippen LogP contribution in [-0.4, -0.2) is 10.8 Å². The monoisotopic (exact) mass is 275 g/mol. The fraction of sp³-hybridized carbons (Fsp3) is 0.211. The van der Waals surface area contributed by atoms with Gasteiger partial charge in [-0.05, 0) is 30.5 Å². The molecule has 1 aliphatic rings. The van der Waals surface area contributed by atoms with Crippen LogP contribution in [0.15, 0.2) is 48.5 Å². The number of para-hydroxylation sites is 1. The van der Waals surface area contributed by atoms with Gasteiger partial charge in [-0.3, -0.25) is 4.79 Å². The maximum absolute atomic E-state index is 12.0. The van der Waals surface area contributed by atoms with E-state index in [-0.39, 0.29) is 5.92 Å². The zero-order chi connectivity index (χ0) is 14.4. The molecule has 1 unspecified atom stereocenters. The molecule has 104 valence electrons. The highest BCUT2D eigenvalue weighted by atomic mass is 16.1. The summed E-state index contributed by atoms with van der Waals surface area (Å²) in [5.74, 6) is 0.436. The molecule has 1 heterocycles. The van der Waals surface area contributed by atoms with Gasteiger partial charge in [0, 0.05) is 23.2 Å². The van der Waals surface area contributed by atoms with E-state index in [1.54, 1.807) is 0 Å². The fourth-order valence-corrected chi connectivity index (χ4v) is 3.19. The van der Waals surface area contributed by atoms with E-state index in [0.29, 0.717) is 5.78 Å². The zero-order valence-corrected chi connectivity index (χ0v) is 12.0. The Kier molecular flexibility index (Phi) is 2.71. The van der Waals surface area contributed by atoms with Gasteiger partial charge < -0.3 is 4.98 Å². The minimum atomic E-state index is 0.0671. The number of Topliss-reactive ketones (excluding diaryl/α,β-unsaturated/α-hetero) is 1. The van der Waals surface area contributed by atoms with Gasteiger partial charge in [0.2, 0.25) is 0 Å². The Balaban J connectivity index is 1.97. The van der Waals surface area contributed by atoms with Crippen LogP contribution in [0.4, 0.5) is 0 Å². The Labute approximate surface area is 123 Å². The van der Waals surface area contributed by atoms with Crippen LogP contribution in [0.5, 0.6) is 0 Å². The second-order valence-electron chi connectivity index (χ2n) is 5.88. The van der Waals surface area contributed by atoms with Crippen molar-refractivity contribution in [2.24, 2.45) is 0 Å². The van der Waals surface area contributed by atoms with Gasteiger partial charge in [0.05, 0.1) is 5.69 Å². The minimum Gasteiger partial charge on any atom is -0.354 e. The first-order chi connectivity index (χ1) is 10.2. The first-order valence-electron chi connectivity index (χ1n) is 7.44. The lowest BCUT2D eigenvalue weighted by molar-refractivity contribution is -0.125. The van der Waals surface area contributed by atoms with E-state index in [1.165, 1.54) is 16.5 Å². The van der Waals surface area contributed by atoms with Gasteiger partial charge in [-0.2, -0.15) is 0 Å². The maximum Gasteiger partial charge on any atom is 0.140 e. The van der Waals surface area contributed by atoms with Crippen molar-refractivity contribution in [2.75, 3.05) is 0 Å². The number of aromatic amines is 1. The number of aromatic nitrogens is 1. The van der Waals surface area contributed by atoms with Crippen LogP contribution >= 0.6 is 0 Å². The molecule has 2 nitrogen and oxygen atoms in total. The number of aryl methyl sites for hydroxylation is 1. The molecule has 1 aromatic heterocycles. The highest BCUT2D eigenvalue weighted by molar-refractivity contribution is 6.00. The molecule has 0 radical (unpaired) electrons. The average molecular weight is 275 g/mol. The maximum atomic E-state index is 12.0. The normalized spacial score (nSPS) is 18.0. The van der Waals surface area contributed by atoms with E-state index in [2.05, 4.69) is 48.3 Å². The molecule has 4 rings (SSSR count). The third-order valence-corrected chi connectivity index (χ3v) is 4.50. The van der Waals surface area contributed by atoms with Crippen LogP contribution in [-0.2, 0) is 4.79 Å². The molecule has 1 N–H and O–H groups in total. The summed E-state index contributed by atoms with van der Waals surface area (Å²) in [4.78, 5) is 15.5. The SMILES string of the molecule is Cc1ccc(-c2[nH]c3ccccc3c2C2CCC2=O)cc1.